The van der Waals surface area contributed by atoms with Gasteiger partial charge in [-0.25, -0.2) is 0 Å². The van der Waals surface area contributed by atoms with E-state index >= 15 is 0 Å². The maximum Gasteiger partial charge on any atom is -0.000671 e. The summed E-state index contributed by atoms with van der Waals surface area (Å²) >= 11 is 0. The van der Waals surface area contributed by atoms with Crippen molar-refractivity contribution >= 4 is 0 Å². The molecule has 0 bridgehead atoms. The minimum atomic E-state index is 0.797. The number of rotatable bonds is 9. The van der Waals surface area contributed by atoms with Crippen LogP contribution in [0, 0.1) is 0 Å². The lowest BCUT2D eigenvalue weighted by Crippen LogP contribution is -2.29. The number of hydrogen-bond acceptors (Lipinski definition) is 3. The summed E-state index contributed by atoms with van der Waals surface area (Å²) in [5.41, 5.74) is 11.0. The zero-order chi connectivity index (χ0) is 11.9. The van der Waals surface area contributed by atoms with Crippen molar-refractivity contribution in [1.29, 1.82) is 0 Å². The fraction of sp³-hybridized carbons (Fsp3) is 1.00. The Kier molecular flexibility index (Phi) is 18.8. The minimum absolute atomic E-state index is 0.797. The van der Waals surface area contributed by atoms with Gasteiger partial charge in [0.05, 0.1) is 0 Å². The molecule has 3 heteroatoms. The zero-order valence-corrected chi connectivity index (χ0v) is 11.0. The van der Waals surface area contributed by atoms with Crippen LogP contribution < -0.4 is 11.5 Å². The SMILES string of the molecule is CC.CCCCN(CCCN)CCCN. The Labute approximate surface area is 96.2 Å². The van der Waals surface area contributed by atoms with Gasteiger partial charge in [0.1, 0.15) is 0 Å². The molecule has 0 saturated heterocycles. The Bertz CT molecular complexity index is 77.8. The van der Waals surface area contributed by atoms with Crippen LogP contribution in [-0.2, 0) is 0 Å². The standard InChI is InChI=1S/C10H25N3.C2H6/c1-2-3-8-13(9-4-6-11)10-5-7-12;1-2/h2-12H2,1H3;1-2H3. The highest BCUT2D eigenvalue weighted by molar-refractivity contribution is 4.58. The monoisotopic (exact) mass is 217 g/mol. The summed E-state index contributed by atoms with van der Waals surface area (Å²) in [5, 5.41) is 0. The van der Waals surface area contributed by atoms with Crippen molar-refractivity contribution in [2.75, 3.05) is 32.7 Å². The summed E-state index contributed by atoms with van der Waals surface area (Å²) in [6, 6.07) is 0. The third-order valence-electron chi connectivity index (χ3n) is 2.18. The predicted molar refractivity (Wildman–Crippen MR) is 70.0 cm³/mol. The summed E-state index contributed by atoms with van der Waals surface area (Å²) in [5.74, 6) is 0. The average Bonchev–Trinajstić information content (AvgIpc) is 2.31. The predicted octanol–water partition coefficient (Wildman–Crippen LogP) is 1.81. The van der Waals surface area contributed by atoms with Gasteiger partial charge in [-0.1, -0.05) is 27.2 Å². The van der Waals surface area contributed by atoms with Crippen molar-refractivity contribution in [2.24, 2.45) is 11.5 Å². The molecule has 0 heterocycles. The van der Waals surface area contributed by atoms with Gasteiger partial charge in [-0.05, 0) is 52.0 Å². The van der Waals surface area contributed by atoms with E-state index in [0.717, 1.165) is 39.0 Å². The molecule has 0 rings (SSSR count). The molecule has 0 aromatic carbocycles. The first kappa shape index (κ1) is 17.3. The molecule has 4 N–H and O–H groups in total. The van der Waals surface area contributed by atoms with Crippen LogP contribution in [0.3, 0.4) is 0 Å². The fourth-order valence-corrected chi connectivity index (χ4v) is 1.35. The second-order valence-electron chi connectivity index (χ2n) is 3.48. The van der Waals surface area contributed by atoms with Gasteiger partial charge in [-0.2, -0.15) is 0 Å². The summed E-state index contributed by atoms with van der Waals surface area (Å²) in [4.78, 5) is 2.48. The summed E-state index contributed by atoms with van der Waals surface area (Å²) in [7, 11) is 0. The van der Waals surface area contributed by atoms with Crippen molar-refractivity contribution in [3.63, 3.8) is 0 Å². The lowest BCUT2D eigenvalue weighted by Gasteiger charge is -2.21. The molecule has 0 spiro atoms. The van der Waals surface area contributed by atoms with Gasteiger partial charge in [0.2, 0.25) is 0 Å². The molecule has 0 aliphatic rings. The van der Waals surface area contributed by atoms with E-state index in [1.54, 1.807) is 0 Å². The molecule has 0 aromatic rings. The molecule has 0 saturated carbocycles. The Balaban J connectivity index is 0. The van der Waals surface area contributed by atoms with E-state index < -0.39 is 0 Å². The van der Waals surface area contributed by atoms with Crippen LogP contribution in [0.25, 0.3) is 0 Å². The molecule has 0 unspecified atom stereocenters. The van der Waals surface area contributed by atoms with E-state index in [1.165, 1.54) is 19.4 Å². The highest BCUT2D eigenvalue weighted by atomic mass is 15.1. The average molecular weight is 217 g/mol. The van der Waals surface area contributed by atoms with Gasteiger partial charge in [-0.3, -0.25) is 0 Å². The third kappa shape index (κ3) is 13.9. The van der Waals surface area contributed by atoms with Crippen molar-refractivity contribution in [3.05, 3.63) is 0 Å². The minimum Gasteiger partial charge on any atom is -0.330 e. The molecule has 0 amide bonds. The van der Waals surface area contributed by atoms with Gasteiger partial charge in [-0.15, -0.1) is 0 Å². The molecule has 0 radical (unpaired) electrons. The van der Waals surface area contributed by atoms with Crippen LogP contribution in [0.4, 0.5) is 0 Å². The molecule has 0 atom stereocenters. The fourth-order valence-electron chi connectivity index (χ4n) is 1.35. The van der Waals surface area contributed by atoms with Gasteiger partial charge in [0, 0.05) is 0 Å². The Morgan fingerprint density at radius 2 is 1.20 bits per heavy atom. The van der Waals surface area contributed by atoms with Crippen molar-refractivity contribution in [3.8, 4) is 0 Å². The number of nitrogens with two attached hydrogens (primary N) is 2. The smallest absolute Gasteiger partial charge is 0.000671 e. The van der Waals surface area contributed by atoms with Crippen LogP contribution in [0.5, 0.6) is 0 Å². The highest BCUT2D eigenvalue weighted by Crippen LogP contribution is 1.97. The Morgan fingerprint density at radius 1 is 0.800 bits per heavy atom. The van der Waals surface area contributed by atoms with E-state index in [2.05, 4.69) is 11.8 Å². The highest BCUT2D eigenvalue weighted by Gasteiger charge is 2.01. The molecule has 0 aliphatic heterocycles. The van der Waals surface area contributed by atoms with E-state index in [4.69, 9.17) is 11.5 Å². The van der Waals surface area contributed by atoms with Gasteiger partial charge in [0.15, 0.2) is 0 Å². The first-order valence-electron chi connectivity index (χ1n) is 6.47. The molecular formula is C12H31N3. The second-order valence-corrected chi connectivity index (χ2v) is 3.48. The van der Waals surface area contributed by atoms with Crippen LogP contribution in [0.1, 0.15) is 46.5 Å². The Hall–Kier alpha value is -0.120. The molecule has 0 fully saturated rings. The lowest BCUT2D eigenvalue weighted by molar-refractivity contribution is 0.266. The number of hydrogen-bond donors (Lipinski definition) is 2. The maximum atomic E-state index is 5.48. The lowest BCUT2D eigenvalue weighted by atomic mass is 10.2. The van der Waals surface area contributed by atoms with Crippen LogP contribution in [0.2, 0.25) is 0 Å². The molecule has 94 valence electrons. The van der Waals surface area contributed by atoms with Gasteiger partial charge < -0.3 is 16.4 Å². The molecule has 15 heavy (non-hydrogen) atoms. The van der Waals surface area contributed by atoms with Crippen molar-refractivity contribution < 1.29 is 0 Å². The zero-order valence-electron chi connectivity index (χ0n) is 11.0. The van der Waals surface area contributed by atoms with Crippen molar-refractivity contribution in [1.82, 2.24) is 4.90 Å². The summed E-state index contributed by atoms with van der Waals surface area (Å²) < 4.78 is 0. The van der Waals surface area contributed by atoms with Crippen LogP contribution >= 0.6 is 0 Å². The van der Waals surface area contributed by atoms with Crippen LogP contribution in [-0.4, -0.2) is 37.6 Å². The largest absolute Gasteiger partial charge is 0.330 e. The van der Waals surface area contributed by atoms with E-state index in [1.807, 2.05) is 13.8 Å². The van der Waals surface area contributed by atoms with Crippen molar-refractivity contribution in [2.45, 2.75) is 46.5 Å². The van der Waals surface area contributed by atoms with Gasteiger partial charge in [0.25, 0.3) is 0 Å². The molecule has 3 nitrogen and oxygen atoms in total. The normalized spacial score (nSPS) is 10.0. The molecule has 0 aromatic heterocycles. The van der Waals surface area contributed by atoms with E-state index in [0.29, 0.717) is 0 Å². The topological polar surface area (TPSA) is 55.3 Å². The van der Waals surface area contributed by atoms with E-state index in [-0.39, 0.29) is 0 Å². The van der Waals surface area contributed by atoms with Gasteiger partial charge >= 0.3 is 0 Å². The Morgan fingerprint density at radius 3 is 1.53 bits per heavy atom. The third-order valence-corrected chi connectivity index (χ3v) is 2.18. The first-order valence-corrected chi connectivity index (χ1v) is 6.47. The number of unbranched alkanes of at least 4 members (excludes halogenated alkanes) is 1. The quantitative estimate of drug-likeness (QED) is 0.619. The second kappa shape index (κ2) is 16.3. The maximum absolute atomic E-state index is 5.48. The summed E-state index contributed by atoms with van der Waals surface area (Å²) in [6.45, 7) is 11.3. The summed E-state index contributed by atoms with van der Waals surface area (Å²) in [6.07, 6.45) is 4.76. The van der Waals surface area contributed by atoms with E-state index in [9.17, 15) is 0 Å². The molecular weight excluding hydrogens is 186 g/mol. The number of nitrogens with zero attached hydrogens (tertiary/aromatic N) is 1. The van der Waals surface area contributed by atoms with Crippen LogP contribution in [0.15, 0.2) is 0 Å². The molecule has 0 aliphatic carbocycles. The first-order chi connectivity index (χ1) is 7.35.